The number of rotatable bonds is 62. The van der Waals surface area contributed by atoms with Crippen molar-refractivity contribution in [3.05, 3.63) is 0 Å². The maximum Gasteiger partial charge on any atom is 0.309 e. The van der Waals surface area contributed by atoms with E-state index in [0.29, 0.717) is 56.4 Å². The molecule has 0 aromatic heterocycles. The molecular formula is C65H123N3O12S3. The summed E-state index contributed by atoms with van der Waals surface area (Å²) < 4.78 is 32.7. The number of ether oxygens (including phenoxy) is 6. The third-order valence-electron chi connectivity index (χ3n) is 14.4. The molecular weight excluding hydrogens is 1110 g/mol. The van der Waals surface area contributed by atoms with Crippen LogP contribution in [0.15, 0.2) is 0 Å². The van der Waals surface area contributed by atoms with E-state index in [0.717, 1.165) is 49.6 Å². The Balaban J connectivity index is 5.11. The molecule has 0 amide bonds. The zero-order valence-corrected chi connectivity index (χ0v) is 56.6. The van der Waals surface area contributed by atoms with Crippen LogP contribution in [-0.2, 0) is 57.2 Å². The van der Waals surface area contributed by atoms with Gasteiger partial charge in [-0.3, -0.25) is 28.8 Å². The molecule has 0 fully saturated rings. The van der Waals surface area contributed by atoms with E-state index in [1.165, 1.54) is 141 Å². The van der Waals surface area contributed by atoms with Gasteiger partial charge in [0.15, 0.2) is 0 Å². The highest BCUT2D eigenvalue weighted by Crippen LogP contribution is 2.18. The number of hydrogen-bond donors (Lipinski definition) is 0. The molecule has 0 saturated heterocycles. The van der Waals surface area contributed by atoms with Gasteiger partial charge in [-0.05, 0) is 89.6 Å². The van der Waals surface area contributed by atoms with Gasteiger partial charge in [0.05, 0.1) is 37.0 Å². The maximum absolute atomic E-state index is 13.0. The Bertz CT molecular complexity index is 1500. The predicted octanol–water partition coefficient (Wildman–Crippen LogP) is 13.9. The molecule has 3 unspecified atom stereocenters. The molecule has 0 aromatic carbocycles. The first-order valence-electron chi connectivity index (χ1n) is 33.0. The number of hydrogen-bond acceptors (Lipinski definition) is 18. The number of carbonyl (C=O) groups is 6. The van der Waals surface area contributed by atoms with Crippen LogP contribution in [0.3, 0.4) is 0 Å². The van der Waals surface area contributed by atoms with Gasteiger partial charge in [0.2, 0.25) is 0 Å². The van der Waals surface area contributed by atoms with E-state index in [2.05, 4.69) is 30.6 Å². The van der Waals surface area contributed by atoms with Gasteiger partial charge in [0, 0.05) is 36.9 Å². The van der Waals surface area contributed by atoms with Gasteiger partial charge in [-0.15, -0.1) is 0 Å². The first-order chi connectivity index (χ1) is 40.2. The second-order valence-corrected chi connectivity index (χ2v) is 26.4. The van der Waals surface area contributed by atoms with Crippen LogP contribution >= 0.6 is 35.3 Å². The highest BCUT2D eigenvalue weighted by Gasteiger charge is 2.19. The maximum atomic E-state index is 13.0. The summed E-state index contributed by atoms with van der Waals surface area (Å²) in [5, 5.41) is 0. The largest absolute Gasteiger partial charge is 0.462 e. The van der Waals surface area contributed by atoms with Crippen molar-refractivity contribution in [1.29, 1.82) is 0 Å². The second-order valence-electron chi connectivity index (χ2n) is 23.0. The quantitative estimate of drug-likeness (QED) is 0.0320. The summed E-state index contributed by atoms with van der Waals surface area (Å²) in [6, 6.07) is 0. The predicted molar refractivity (Wildman–Crippen MR) is 348 cm³/mol. The number of carbonyl (C=O) groups excluding carboxylic acids is 6. The van der Waals surface area contributed by atoms with Crippen molar-refractivity contribution in [3.8, 4) is 0 Å². The molecule has 0 bridgehead atoms. The minimum absolute atomic E-state index is 0.00921. The zero-order valence-electron chi connectivity index (χ0n) is 54.1. The molecule has 488 valence electrons. The summed E-state index contributed by atoms with van der Waals surface area (Å²) in [6.45, 7) is 16.3. The van der Waals surface area contributed by atoms with Gasteiger partial charge in [0.25, 0.3) is 0 Å². The van der Waals surface area contributed by atoms with Gasteiger partial charge in [-0.2, -0.15) is 35.3 Å². The minimum atomic E-state index is -0.429. The Hall–Kier alpha value is -2.25. The van der Waals surface area contributed by atoms with E-state index < -0.39 is 11.9 Å². The molecule has 0 aliphatic rings. The van der Waals surface area contributed by atoms with Gasteiger partial charge in [0.1, 0.15) is 39.6 Å². The normalized spacial score (nSPS) is 12.6. The van der Waals surface area contributed by atoms with Crippen LogP contribution < -0.4 is 0 Å². The number of esters is 6. The van der Waals surface area contributed by atoms with Crippen molar-refractivity contribution in [2.24, 2.45) is 17.8 Å². The van der Waals surface area contributed by atoms with Gasteiger partial charge >= 0.3 is 35.8 Å². The smallest absolute Gasteiger partial charge is 0.309 e. The van der Waals surface area contributed by atoms with Crippen LogP contribution in [0.2, 0.25) is 0 Å². The zero-order chi connectivity index (χ0) is 61.2. The Morgan fingerprint density at radius 1 is 0.313 bits per heavy atom. The fourth-order valence-electron chi connectivity index (χ4n) is 9.08. The van der Waals surface area contributed by atoms with Crippen LogP contribution in [0, 0.1) is 17.8 Å². The average Bonchev–Trinajstić information content (AvgIpc) is 3.47. The number of thioether (sulfide) groups is 3. The van der Waals surface area contributed by atoms with Crippen LogP contribution in [-0.4, -0.2) is 185 Å². The van der Waals surface area contributed by atoms with Crippen molar-refractivity contribution < 1.29 is 57.2 Å². The van der Waals surface area contributed by atoms with Crippen molar-refractivity contribution in [3.63, 3.8) is 0 Å². The molecule has 0 aliphatic carbocycles. The van der Waals surface area contributed by atoms with Crippen LogP contribution in [0.5, 0.6) is 0 Å². The molecule has 0 N–H and O–H groups in total. The van der Waals surface area contributed by atoms with Crippen LogP contribution in [0.25, 0.3) is 0 Å². The van der Waals surface area contributed by atoms with E-state index in [4.69, 9.17) is 28.4 Å². The highest BCUT2D eigenvalue weighted by atomic mass is 32.2. The van der Waals surface area contributed by atoms with E-state index in [1.807, 2.05) is 39.8 Å². The summed E-state index contributed by atoms with van der Waals surface area (Å²) in [7, 11) is 4.05. The topological polar surface area (TPSA) is 168 Å². The summed E-state index contributed by atoms with van der Waals surface area (Å²) in [4.78, 5) is 83.1. The van der Waals surface area contributed by atoms with Gasteiger partial charge < -0.3 is 43.1 Å². The highest BCUT2D eigenvalue weighted by molar-refractivity contribution is 7.99. The molecule has 0 spiro atoms. The molecule has 83 heavy (non-hydrogen) atoms. The lowest BCUT2D eigenvalue weighted by Crippen LogP contribution is -2.35. The average molecular weight is 1230 g/mol. The molecule has 0 saturated carbocycles. The number of unbranched alkanes of at least 4 members (excludes halogenated alkanes) is 21. The third kappa shape index (κ3) is 54.9. The summed E-state index contributed by atoms with van der Waals surface area (Å²) in [5.41, 5.74) is 0. The monoisotopic (exact) mass is 1230 g/mol. The summed E-state index contributed by atoms with van der Waals surface area (Å²) in [6.07, 6.45) is 32.6. The first-order valence-corrected chi connectivity index (χ1v) is 36.5. The molecule has 15 nitrogen and oxygen atoms in total. The van der Waals surface area contributed by atoms with Crippen LogP contribution in [0.1, 0.15) is 228 Å². The van der Waals surface area contributed by atoms with Crippen molar-refractivity contribution >= 4 is 71.1 Å². The molecule has 0 heterocycles. The third-order valence-corrected chi connectivity index (χ3v) is 18.4. The van der Waals surface area contributed by atoms with E-state index in [-0.39, 0.29) is 101 Å². The van der Waals surface area contributed by atoms with E-state index in [1.54, 1.807) is 35.3 Å². The van der Waals surface area contributed by atoms with Crippen molar-refractivity contribution in [2.75, 3.05) is 134 Å². The lowest BCUT2D eigenvalue weighted by Gasteiger charge is -2.26. The fourth-order valence-corrected chi connectivity index (χ4v) is 12.3. The van der Waals surface area contributed by atoms with Crippen molar-refractivity contribution in [2.45, 2.75) is 228 Å². The van der Waals surface area contributed by atoms with Gasteiger partial charge in [-0.1, -0.05) is 176 Å². The molecule has 0 radical (unpaired) electrons. The number of nitrogens with zero attached hydrogens (tertiary/aromatic N) is 3. The Morgan fingerprint density at radius 2 is 0.554 bits per heavy atom. The Labute approximate surface area is 519 Å². The molecule has 3 atom stereocenters. The Morgan fingerprint density at radius 3 is 0.831 bits per heavy atom. The van der Waals surface area contributed by atoms with Crippen molar-refractivity contribution in [1.82, 2.24) is 14.7 Å². The second kappa shape index (κ2) is 60.1. The van der Waals surface area contributed by atoms with Gasteiger partial charge in [-0.25, -0.2) is 0 Å². The fraction of sp³-hybridized carbons (Fsp3) is 0.908. The van der Waals surface area contributed by atoms with E-state index >= 15 is 0 Å². The summed E-state index contributed by atoms with van der Waals surface area (Å²) in [5.74, 6) is 2.43. The Kier molecular flexibility index (Phi) is 58.4. The first kappa shape index (κ1) is 80.8. The minimum Gasteiger partial charge on any atom is -0.462 e. The summed E-state index contributed by atoms with van der Waals surface area (Å²) >= 11 is 5.36. The molecule has 0 aromatic rings. The van der Waals surface area contributed by atoms with Crippen LogP contribution in [0.4, 0.5) is 0 Å². The standard InChI is InChI=1S/C65H123N3O12S3/c1-9-12-15-18-21-24-27-30-51-81-54-57(4)63(72)78-48-45-75-60(69)35-42-67(39-33-38-66(7)8)40-34-41-68(43-36-61(70)76-46-49-79-64(73)58(5)55-82-52-31-28-25-22-19-16-13-10-2)44-37-62(71)77-47-50-80-65(74)59(6)56-83-53-32-29-26-23-20-17-14-11-3/h57-59H,9-56H2,1-8H3. The molecule has 18 heteroatoms. The van der Waals surface area contributed by atoms with E-state index in [9.17, 15) is 28.8 Å². The molecule has 0 rings (SSSR count). The lowest BCUT2D eigenvalue weighted by atomic mass is 10.1. The SMILES string of the molecule is CCCCCCCCCCSCC(C)C(=O)OCCOC(=O)CCN(CCCN(C)C)CCCN(CCC(=O)OCCOC(=O)C(C)CSCCCCCCCCCC)CCC(=O)OCCOC(=O)C(C)CSCCCCCCCCCC. The molecule has 0 aliphatic heterocycles. The lowest BCUT2D eigenvalue weighted by molar-refractivity contribution is -0.154.